The highest BCUT2D eigenvalue weighted by atomic mass is 32.2. The summed E-state index contributed by atoms with van der Waals surface area (Å²) in [5, 5.41) is 0. The summed E-state index contributed by atoms with van der Waals surface area (Å²) in [6.07, 6.45) is 3.91. The maximum absolute atomic E-state index is 12.7. The Kier molecular flexibility index (Phi) is 5.43. The van der Waals surface area contributed by atoms with Crippen molar-refractivity contribution in [3.05, 3.63) is 28.7 Å². The second-order valence-electron chi connectivity index (χ2n) is 5.54. The van der Waals surface area contributed by atoms with Crippen LogP contribution in [0.1, 0.15) is 18.4 Å². The molecule has 0 radical (unpaired) electrons. The molecule has 0 saturated carbocycles. The fourth-order valence-electron chi connectivity index (χ4n) is 2.73. The van der Waals surface area contributed by atoms with Crippen molar-refractivity contribution < 1.29 is 19.0 Å². The highest BCUT2D eigenvalue weighted by molar-refractivity contribution is 8.26. The molecule has 0 spiro atoms. The van der Waals surface area contributed by atoms with Crippen molar-refractivity contribution in [1.82, 2.24) is 4.90 Å². The van der Waals surface area contributed by atoms with Crippen molar-refractivity contribution in [1.29, 1.82) is 0 Å². The fourth-order valence-corrected chi connectivity index (χ4v) is 3.99. The number of benzene rings is 1. The van der Waals surface area contributed by atoms with Gasteiger partial charge in [0.25, 0.3) is 5.91 Å². The number of carbonyl (C=O) groups excluding carboxylic acids is 1. The van der Waals surface area contributed by atoms with Crippen LogP contribution in [0, 0.1) is 0 Å². The molecule has 2 aliphatic rings. The van der Waals surface area contributed by atoms with Gasteiger partial charge in [0.2, 0.25) is 0 Å². The minimum Gasteiger partial charge on any atom is -0.497 e. The summed E-state index contributed by atoms with van der Waals surface area (Å²) in [6, 6.07) is 5.49. The summed E-state index contributed by atoms with van der Waals surface area (Å²) in [4.78, 5) is 14.9. The largest absolute Gasteiger partial charge is 0.497 e. The van der Waals surface area contributed by atoms with Crippen LogP contribution in [0.15, 0.2) is 23.1 Å². The lowest BCUT2D eigenvalue weighted by atomic mass is 10.1. The van der Waals surface area contributed by atoms with E-state index in [1.807, 2.05) is 18.2 Å². The molecule has 0 aliphatic carbocycles. The summed E-state index contributed by atoms with van der Waals surface area (Å²) in [6.45, 7) is 1.29. The van der Waals surface area contributed by atoms with Crippen LogP contribution in [-0.2, 0) is 9.53 Å². The molecule has 1 aromatic rings. The van der Waals surface area contributed by atoms with Gasteiger partial charge in [-0.05, 0) is 31.1 Å². The van der Waals surface area contributed by atoms with Crippen molar-refractivity contribution in [3.8, 4) is 11.5 Å². The van der Waals surface area contributed by atoms with Gasteiger partial charge in [-0.25, -0.2) is 0 Å². The van der Waals surface area contributed by atoms with Crippen molar-refractivity contribution in [3.63, 3.8) is 0 Å². The molecule has 3 rings (SSSR count). The molecule has 1 amide bonds. The Labute approximate surface area is 150 Å². The predicted molar refractivity (Wildman–Crippen MR) is 98.4 cm³/mol. The number of methoxy groups -OCH3 is 2. The van der Waals surface area contributed by atoms with E-state index in [0.29, 0.717) is 27.3 Å². The van der Waals surface area contributed by atoms with E-state index in [2.05, 4.69) is 0 Å². The van der Waals surface area contributed by atoms with Crippen LogP contribution in [0.4, 0.5) is 0 Å². The molecule has 0 N–H and O–H groups in total. The summed E-state index contributed by atoms with van der Waals surface area (Å²) in [5.74, 6) is 1.28. The number of hydrogen-bond acceptors (Lipinski definition) is 6. The number of carbonyl (C=O) groups is 1. The van der Waals surface area contributed by atoms with E-state index in [-0.39, 0.29) is 12.0 Å². The first kappa shape index (κ1) is 17.3. The van der Waals surface area contributed by atoms with Gasteiger partial charge in [-0.15, -0.1) is 0 Å². The number of nitrogens with zero attached hydrogens (tertiary/aromatic N) is 1. The topological polar surface area (TPSA) is 48.0 Å². The van der Waals surface area contributed by atoms with E-state index in [4.69, 9.17) is 26.4 Å². The lowest BCUT2D eigenvalue weighted by Gasteiger charge is -2.18. The van der Waals surface area contributed by atoms with Crippen molar-refractivity contribution in [2.24, 2.45) is 0 Å². The van der Waals surface area contributed by atoms with Gasteiger partial charge in [-0.1, -0.05) is 24.0 Å². The van der Waals surface area contributed by atoms with E-state index in [9.17, 15) is 4.79 Å². The molecule has 0 bridgehead atoms. The van der Waals surface area contributed by atoms with Crippen molar-refractivity contribution in [2.75, 3.05) is 27.4 Å². The Balaban J connectivity index is 1.80. The van der Waals surface area contributed by atoms with Gasteiger partial charge in [0, 0.05) is 18.2 Å². The van der Waals surface area contributed by atoms with E-state index in [1.165, 1.54) is 11.8 Å². The third kappa shape index (κ3) is 3.58. The van der Waals surface area contributed by atoms with Gasteiger partial charge in [-0.3, -0.25) is 9.69 Å². The molecule has 24 heavy (non-hydrogen) atoms. The Morgan fingerprint density at radius 3 is 2.92 bits per heavy atom. The smallest absolute Gasteiger partial charge is 0.266 e. The van der Waals surface area contributed by atoms with Gasteiger partial charge in [0.15, 0.2) is 0 Å². The first-order valence-electron chi connectivity index (χ1n) is 7.71. The van der Waals surface area contributed by atoms with Crippen LogP contribution in [0.3, 0.4) is 0 Å². The molecule has 2 saturated heterocycles. The van der Waals surface area contributed by atoms with Gasteiger partial charge in [0.05, 0.1) is 31.8 Å². The Bertz CT molecular complexity index is 683. The van der Waals surface area contributed by atoms with Crippen LogP contribution in [0.2, 0.25) is 0 Å². The first-order chi connectivity index (χ1) is 11.6. The average molecular weight is 365 g/mol. The molecule has 1 aromatic carbocycles. The van der Waals surface area contributed by atoms with Crippen LogP contribution in [-0.4, -0.2) is 48.6 Å². The molecule has 0 unspecified atom stereocenters. The number of thiocarbonyl (C=S) groups is 1. The SMILES string of the molecule is COc1ccc(/C=C2/SC(=S)N(C[C@H]3CCCO3)C2=O)c(OC)c1. The zero-order valence-corrected chi connectivity index (χ0v) is 15.2. The number of rotatable bonds is 5. The van der Waals surface area contributed by atoms with Crippen LogP contribution in [0.5, 0.6) is 11.5 Å². The molecular weight excluding hydrogens is 346 g/mol. The second-order valence-corrected chi connectivity index (χ2v) is 7.21. The Morgan fingerprint density at radius 2 is 2.25 bits per heavy atom. The van der Waals surface area contributed by atoms with Gasteiger partial charge >= 0.3 is 0 Å². The zero-order chi connectivity index (χ0) is 17.1. The summed E-state index contributed by atoms with van der Waals surface area (Å²) >= 11 is 6.68. The highest BCUT2D eigenvalue weighted by Gasteiger charge is 2.34. The fraction of sp³-hybridized carbons (Fsp3) is 0.412. The third-order valence-corrected chi connectivity index (χ3v) is 5.39. The van der Waals surface area contributed by atoms with E-state index in [0.717, 1.165) is 25.0 Å². The summed E-state index contributed by atoms with van der Waals surface area (Å²) in [7, 11) is 3.19. The molecule has 0 aromatic heterocycles. The molecular formula is C17H19NO4S2. The number of ether oxygens (including phenoxy) is 3. The second kappa shape index (κ2) is 7.55. The summed E-state index contributed by atoms with van der Waals surface area (Å²) < 4.78 is 16.8. The third-order valence-electron chi connectivity index (χ3n) is 4.01. The van der Waals surface area contributed by atoms with E-state index < -0.39 is 0 Å². The number of hydrogen-bond donors (Lipinski definition) is 0. The number of amides is 1. The predicted octanol–water partition coefficient (Wildman–Crippen LogP) is 3.08. The minimum atomic E-state index is -0.0710. The van der Waals surface area contributed by atoms with Crippen molar-refractivity contribution >= 4 is 40.3 Å². The van der Waals surface area contributed by atoms with Gasteiger partial charge in [-0.2, -0.15) is 0 Å². The molecule has 2 aliphatic heterocycles. The van der Waals surface area contributed by atoms with Gasteiger partial charge in [0.1, 0.15) is 15.8 Å². The average Bonchev–Trinajstić information content (AvgIpc) is 3.19. The monoisotopic (exact) mass is 365 g/mol. The van der Waals surface area contributed by atoms with Crippen LogP contribution < -0.4 is 9.47 Å². The van der Waals surface area contributed by atoms with Crippen LogP contribution in [0.25, 0.3) is 6.08 Å². The maximum Gasteiger partial charge on any atom is 0.266 e. The quantitative estimate of drug-likeness (QED) is 0.590. The highest BCUT2D eigenvalue weighted by Crippen LogP contribution is 2.35. The summed E-state index contributed by atoms with van der Waals surface area (Å²) in [5.41, 5.74) is 0.816. The normalized spacial score (nSPS) is 22.5. The maximum atomic E-state index is 12.7. The molecule has 1 atom stereocenters. The molecule has 7 heteroatoms. The Hall–Kier alpha value is -1.57. The standard InChI is InChI=1S/C17H19NO4S2/c1-20-12-6-5-11(14(9-12)21-2)8-15-16(19)18(17(23)24-15)10-13-4-3-7-22-13/h5-6,8-9,13H,3-4,7,10H2,1-2H3/b15-8+/t13-/m1/s1. The molecule has 2 fully saturated rings. The van der Waals surface area contributed by atoms with E-state index >= 15 is 0 Å². The number of thioether (sulfide) groups is 1. The van der Waals surface area contributed by atoms with Crippen LogP contribution >= 0.6 is 24.0 Å². The van der Waals surface area contributed by atoms with Gasteiger partial charge < -0.3 is 14.2 Å². The zero-order valence-electron chi connectivity index (χ0n) is 13.6. The molecule has 128 valence electrons. The lowest BCUT2D eigenvalue weighted by molar-refractivity contribution is -0.123. The lowest BCUT2D eigenvalue weighted by Crippen LogP contribution is -2.35. The minimum absolute atomic E-state index is 0.0710. The first-order valence-corrected chi connectivity index (χ1v) is 8.94. The molecule has 5 nitrogen and oxygen atoms in total. The molecule has 2 heterocycles. The van der Waals surface area contributed by atoms with Crippen molar-refractivity contribution in [2.45, 2.75) is 18.9 Å². The Morgan fingerprint density at radius 1 is 1.42 bits per heavy atom. The van der Waals surface area contributed by atoms with E-state index in [1.54, 1.807) is 25.2 Å².